The Morgan fingerprint density at radius 1 is 1.19 bits per heavy atom. The molecule has 0 aromatic carbocycles. The molecule has 0 radical (unpaired) electrons. The van der Waals surface area contributed by atoms with Gasteiger partial charge in [-0.1, -0.05) is 5.16 Å². The molecule has 2 rings (SSSR count). The first kappa shape index (κ1) is 20.6. The van der Waals surface area contributed by atoms with Gasteiger partial charge in [-0.3, -0.25) is 9.80 Å². The van der Waals surface area contributed by atoms with Crippen LogP contribution in [-0.4, -0.2) is 52.2 Å². The highest BCUT2D eigenvalue weighted by atomic mass is 35.5. The lowest BCUT2D eigenvalue weighted by molar-refractivity contribution is 0.0960. The van der Waals surface area contributed by atoms with Gasteiger partial charge in [-0.15, -0.1) is 24.8 Å². The van der Waals surface area contributed by atoms with E-state index in [4.69, 9.17) is 10.3 Å². The van der Waals surface area contributed by atoms with Crippen LogP contribution in [0.3, 0.4) is 0 Å². The van der Waals surface area contributed by atoms with Gasteiger partial charge in [-0.05, 0) is 27.7 Å². The number of rotatable bonds is 4. The van der Waals surface area contributed by atoms with E-state index in [2.05, 4.69) is 33.8 Å². The van der Waals surface area contributed by atoms with Crippen molar-refractivity contribution in [3.8, 4) is 0 Å². The van der Waals surface area contributed by atoms with Crippen molar-refractivity contribution >= 4 is 24.8 Å². The van der Waals surface area contributed by atoms with E-state index in [1.807, 2.05) is 13.8 Å². The van der Waals surface area contributed by atoms with Crippen LogP contribution >= 0.6 is 24.8 Å². The molecule has 1 aliphatic rings. The summed E-state index contributed by atoms with van der Waals surface area (Å²) in [5, 5.41) is 3.95. The summed E-state index contributed by atoms with van der Waals surface area (Å²) in [6.07, 6.45) is 0. The largest absolute Gasteiger partial charge is 0.338 e. The number of hydrogen-bond acceptors (Lipinski definition) is 6. The molecule has 0 saturated carbocycles. The van der Waals surface area contributed by atoms with Gasteiger partial charge in [-0.2, -0.15) is 4.98 Å². The highest BCUT2D eigenvalue weighted by Gasteiger charge is 2.24. The fourth-order valence-corrected chi connectivity index (χ4v) is 2.21. The third kappa shape index (κ3) is 5.71. The minimum atomic E-state index is -0.544. The summed E-state index contributed by atoms with van der Waals surface area (Å²) in [6.45, 7) is 13.2. The van der Waals surface area contributed by atoms with Crippen molar-refractivity contribution in [3.05, 3.63) is 11.7 Å². The zero-order valence-electron chi connectivity index (χ0n) is 13.2. The van der Waals surface area contributed by atoms with Gasteiger partial charge in [0.05, 0.1) is 12.1 Å². The van der Waals surface area contributed by atoms with Crippen molar-refractivity contribution in [3.63, 3.8) is 0 Å². The molecule has 1 fully saturated rings. The van der Waals surface area contributed by atoms with Gasteiger partial charge >= 0.3 is 0 Å². The maximum atomic E-state index is 5.95. The van der Waals surface area contributed by atoms with Gasteiger partial charge < -0.3 is 10.3 Å². The van der Waals surface area contributed by atoms with Crippen LogP contribution in [0.15, 0.2) is 4.52 Å². The van der Waals surface area contributed by atoms with Crippen molar-refractivity contribution in [1.82, 2.24) is 19.9 Å². The van der Waals surface area contributed by atoms with Crippen LogP contribution < -0.4 is 5.73 Å². The SMILES string of the molecule is CC(C)N1CCN(Cc2nc(C(C)(C)N)no2)CC1.Cl.Cl. The molecule has 0 atom stereocenters. The Kier molecular flexibility index (Phi) is 8.13. The Morgan fingerprint density at radius 3 is 2.19 bits per heavy atom. The molecule has 0 unspecified atom stereocenters. The molecule has 124 valence electrons. The molecule has 1 aliphatic heterocycles. The van der Waals surface area contributed by atoms with Gasteiger partial charge in [0.1, 0.15) is 0 Å². The summed E-state index contributed by atoms with van der Waals surface area (Å²) in [5.74, 6) is 1.23. The molecule has 6 nitrogen and oxygen atoms in total. The predicted molar refractivity (Wildman–Crippen MR) is 88.0 cm³/mol. The maximum absolute atomic E-state index is 5.95. The molecule has 1 saturated heterocycles. The Hall–Kier alpha value is -0.400. The number of hydrogen-bond donors (Lipinski definition) is 1. The molecule has 0 bridgehead atoms. The lowest BCUT2D eigenvalue weighted by atomic mass is 10.1. The lowest BCUT2D eigenvalue weighted by Crippen LogP contribution is -2.48. The monoisotopic (exact) mass is 339 g/mol. The zero-order valence-corrected chi connectivity index (χ0v) is 14.8. The number of aromatic nitrogens is 2. The van der Waals surface area contributed by atoms with Gasteiger partial charge in [0, 0.05) is 32.2 Å². The third-order valence-corrected chi connectivity index (χ3v) is 3.54. The minimum absolute atomic E-state index is 0. The van der Waals surface area contributed by atoms with Crippen molar-refractivity contribution in [2.45, 2.75) is 45.8 Å². The molecule has 2 N–H and O–H groups in total. The molecule has 1 aromatic rings. The van der Waals surface area contributed by atoms with Gasteiger partial charge in [0.15, 0.2) is 5.82 Å². The highest BCUT2D eigenvalue weighted by Crippen LogP contribution is 2.14. The Balaban J connectivity index is 0.00000200. The van der Waals surface area contributed by atoms with Crippen molar-refractivity contribution in [2.24, 2.45) is 5.73 Å². The van der Waals surface area contributed by atoms with Crippen molar-refractivity contribution in [1.29, 1.82) is 0 Å². The Labute approximate surface area is 139 Å². The molecular formula is C13H27Cl2N5O. The van der Waals surface area contributed by atoms with Crippen LogP contribution in [0.4, 0.5) is 0 Å². The van der Waals surface area contributed by atoms with Crippen LogP contribution in [0.2, 0.25) is 0 Å². The summed E-state index contributed by atoms with van der Waals surface area (Å²) in [5.41, 5.74) is 5.41. The number of nitrogens with two attached hydrogens (primary N) is 1. The first-order valence-electron chi connectivity index (χ1n) is 6.94. The van der Waals surface area contributed by atoms with E-state index >= 15 is 0 Å². The average Bonchev–Trinajstić information content (AvgIpc) is 2.78. The lowest BCUT2D eigenvalue weighted by Gasteiger charge is -2.36. The van der Waals surface area contributed by atoms with Gasteiger partial charge in [0.25, 0.3) is 0 Å². The predicted octanol–water partition coefficient (Wildman–Crippen LogP) is 1.63. The summed E-state index contributed by atoms with van der Waals surface area (Å²) < 4.78 is 5.27. The normalized spacial score (nSPS) is 17.4. The average molecular weight is 340 g/mol. The van der Waals surface area contributed by atoms with Gasteiger partial charge in [-0.25, -0.2) is 0 Å². The molecule has 1 aromatic heterocycles. The maximum Gasteiger partial charge on any atom is 0.240 e. The van der Waals surface area contributed by atoms with E-state index in [9.17, 15) is 0 Å². The molecule has 0 amide bonds. The van der Waals surface area contributed by atoms with Crippen molar-refractivity contribution in [2.75, 3.05) is 26.2 Å². The second-order valence-electron chi connectivity index (χ2n) is 6.14. The van der Waals surface area contributed by atoms with E-state index in [1.54, 1.807) is 0 Å². The first-order chi connectivity index (χ1) is 8.86. The minimum Gasteiger partial charge on any atom is -0.338 e. The Bertz CT molecular complexity index is 411. The van der Waals surface area contributed by atoms with E-state index in [1.165, 1.54) is 0 Å². The fourth-order valence-electron chi connectivity index (χ4n) is 2.21. The molecule has 21 heavy (non-hydrogen) atoms. The molecule has 8 heteroatoms. The second-order valence-corrected chi connectivity index (χ2v) is 6.14. The fraction of sp³-hybridized carbons (Fsp3) is 0.846. The standard InChI is InChI=1S/C13H25N5O.2ClH/c1-10(2)18-7-5-17(6-8-18)9-11-15-12(16-19-11)13(3,4)14;;/h10H,5-9,14H2,1-4H3;2*1H. The quantitative estimate of drug-likeness (QED) is 0.898. The first-order valence-corrected chi connectivity index (χ1v) is 6.94. The summed E-state index contributed by atoms with van der Waals surface area (Å²) in [4.78, 5) is 9.20. The molecule has 0 spiro atoms. The number of nitrogens with zero attached hydrogens (tertiary/aromatic N) is 4. The summed E-state index contributed by atoms with van der Waals surface area (Å²) in [7, 11) is 0. The van der Waals surface area contributed by atoms with E-state index in [0.29, 0.717) is 17.8 Å². The van der Waals surface area contributed by atoms with Crippen molar-refractivity contribution < 1.29 is 4.52 Å². The zero-order chi connectivity index (χ0) is 14.0. The van der Waals surface area contributed by atoms with Crippen LogP contribution in [0.1, 0.15) is 39.4 Å². The van der Waals surface area contributed by atoms with E-state index in [0.717, 1.165) is 32.7 Å². The molecule has 0 aliphatic carbocycles. The molecule has 2 heterocycles. The number of halogens is 2. The van der Waals surface area contributed by atoms with Crippen LogP contribution in [-0.2, 0) is 12.1 Å². The Morgan fingerprint density at radius 2 is 1.76 bits per heavy atom. The summed E-state index contributed by atoms with van der Waals surface area (Å²) >= 11 is 0. The summed E-state index contributed by atoms with van der Waals surface area (Å²) in [6, 6.07) is 0.621. The van der Waals surface area contributed by atoms with E-state index < -0.39 is 5.54 Å². The second kappa shape index (κ2) is 8.29. The van der Waals surface area contributed by atoms with Gasteiger partial charge in [0.2, 0.25) is 5.89 Å². The smallest absolute Gasteiger partial charge is 0.240 e. The topological polar surface area (TPSA) is 71.4 Å². The van der Waals surface area contributed by atoms with E-state index in [-0.39, 0.29) is 24.8 Å². The molecular weight excluding hydrogens is 313 g/mol. The number of piperazine rings is 1. The van der Waals surface area contributed by atoms with Crippen LogP contribution in [0.25, 0.3) is 0 Å². The highest BCUT2D eigenvalue weighted by molar-refractivity contribution is 5.85. The van der Waals surface area contributed by atoms with Crippen LogP contribution in [0, 0.1) is 0 Å². The van der Waals surface area contributed by atoms with Crippen LogP contribution in [0.5, 0.6) is 0 Å². The third-order valence-electron chi connectivity index (χ3n) is 3.54.